The summed E-state index contributed by atoms with van der Waals surface area (Å²) in [5.74, 6) is 0.224. The molecule has 0 aliphatic carbocycles. The van der Waals surface area contributed by atoms with Crippen LogP contribution in [-0.4, -0.2) is 7.11 Å². The lowest BCUT2D eigenvalue weighted by atomic mass is 10.1. The second-order valence-electron chi connectivity index (χ2n) is 2.78. The summed E-state index contributed by atoms with van der Waals surface area (Å²) in [6.45, 7) is 0. The fraction of sp³-hybridized carbons (Fsp3) is 0.333. The molecule has 0 amide bonds. The maximum Gasteiger partial charge on any atom is 0.417 e. The van der Waals surface area contributed by atoms with Crippen LogP contribution in [0.1, 0.15) is 11.1 Å². The normalized spacial score (nSPS) is 11.6. The number of hydrogen-bond acceptors (Lipinski definition) is 1. The number of alkyl halides is 4. The van der Waals surface area contributed by atoms with Crippen LogP contribution >= 0.6 is 31.9 Å². The van der Waals surface area contributed by atoms with Gasteiger partial charge in [-0.15, -0.1) is 0 Å². The molecule has 0 aromatic heterocycles. The standard InChI is InChI=1S/C9H7Br2F3O/c1-15-8-3-6(9(12,13)14)7(11)2-5(8)4-10/h2-3H,4H2,1H3. The van der Waals surface area contributed by atoms with E-state index in [1.807, 2.05) is 0 Å². The number of methoxy groups -OCH3 is 1. The van der Waals surface area contributed by atoms with Crippen molar-refractivity contribution in [3.05, 3.63) is 27.7 Å². The highest BCUT2D eigenvalue weighted by Crippen LogP contribution is 2.39. The summed E-state index contributed by atoms with van der Waals surface area (Å²) in [5, 5.41) is 0.437. The highest BCUT2D eigenvalue weighted by Gasteiger charge is 2.33. The monoisotopic (exact) mass is 346 g/mol. The van der Waals surface area contributed by atoms with Gasteiger partial charge in [-0.25, -0.2) is 0 Å². The zero-order valence-electron chi connectivity index (χ0n) is 7.66. The van der Waals surface area contributed by atoms with Crippen LogP contribution in [0.25, 0.3) is 0 Å². The van der Waals surface area contributed by atoms with E-state index in [-0.39, 0.29) is 10.2 Å². The molecule has 0 atom stereocenters. The molecule has 1 nitrogen and oxygen atoms in total. The molecule has 0 heterocycles. The molecule has 84 valence electrons. The van der Waals surface area contributed by atoms with E-state index < -0.39 is 11.7 Å². The van der Waals surface area contributed by atoms with Gasteiger partial charge < -0.3 is 4.74 Å². The molecular formula is C9H7Br2F3O. The molecule has 0 N–H and O–H groups in total. The molecule has 1 aromatic carbocycles. The van der Waals surface area contributed by atoms with Crippen LogP contribution in [0.4, 0.5) is 13.2 Å². The van der Waals surface area contributed by atoms with E-state index in [1.165, 1.54) is 13.2 Å². The van der Waals surface area contributed by atoms with Crippen molar-refractivity contribution in [2.24, 2.45) is 0 Å². The first-order valence-electron chi connectivity index (χ1n) is 3.89. The van der Waals surface area contributed by atoms with E-state index in [2.05, 4.69) is 31.9 Å². The van der Waals surface area contributed by atoms with Gasteiger partial charge in [0, 0.05) is 15.4 Å². The van der Waals surface area contributed by atoms with Gasteiger partial charge in [-0.1, -0.05) is 31.9 Å². The number of benzene rings is 1. The summed E-state index contributed by atoms with van der Waals surface area (Å²) in [4.78, 5) is 0. The Labute approximate surface area is 102 Å². The molecule has 1 aromatic rings. The summed E-state index contributed by atoms with van der Waals surface area (Å²) in [5.41, 5.74) is -0.0681. The van der Waals surface area contributed by atoms with E-state index in [4.69, 9.17) is 4.74 Å². The van der Waals surface area contributed by atoms with Gasteiger partial charge in [-0.3, -0.25) is 0 Å². The summed E-state index contributed by atoms with van der Waals surface area (Å²) in [7, 11) is 1.34. The topological polar surface area (TPSA) is 9.23 Å². The van der Waals surface area contributed by atoms with Crippen LogP contribution in [-0.2, 0) is 11.5 Å². The lowest BCUT2D eigenvalue weighted by Crippen LogP contribution is -2.07. The van der Waals surface area contributed by atoms with Gasteiger partial charge in [-0.05, 0) is 12.1 Å². The molecule has 0 unspecified atom stereocenters. The average Bonchev–Trinajstić information content (AvgIpc) is 2.15. The number of rotatable bonds is 2. The first kappa shape index (κ1) is 12.8. The summed E-state index contributed by atoms with van der Waals surface area (Å²) in [6, 6.07) is 2.39. The van der Waals surface area contributed by atoms with Gasteiger partial charge in [0.2, 0.25) is 0 Å². The molecule has 15 heavy (non-hydrogen) atoms. The Balaban J connectivity index is 3.32. The molecule has 6 heteroatoms. The number of halogens is 5. The molecule has 0 saturated carbocycles. The van der Waals surface area contributed by atoms with Gasteiger partial charge in [0.15, 0.2) is 0 Å². The summed E-state index contributed by atoms with van der Waals surface area (Å²) < 4.78 is 42.4. The second-order valence-corrected chi connectivity index (χ2v) is 4.19. The Bertz CT molecular complexity index is 363. The van der Waals surface area contributed by atoms with E-state index in [1.54, 1.807) is 0 Å². The minimum absolute atomic E-state index is 0.0188. The van der Waals surface area contributed by atoms with Crippen LogP contribution in [0.15, 0.2) is 16.6 Å². The van der Waals surface area contributed by atoms with Crippen molar-refractivity contribution in [2.45, 2.75) is 11.5 Å². The van der Waals surface area contributed by atoms with Crippen LogP contribution < -0.4 is 4.74 Å². The van der Waals surface area contributed by atoms with Crippen LogP contribution in [0.3, 0.4) is 0 Å². The van der Waals surface area contributed by atoms with Crippen molar-refractivity contribution >= 4 is 31.9 Å². The molecule has 0 spiro atoms. The largest absolute Gasteiger partial charge is 0.496 e. The van der Waals surface area contributed by atoms with Gasteiger partial charge in [-0.2, -0.15) is 13.2 Å². The zero-order chi connectivity index (χ0) is 11.6. The smallest absolute Gasteiger partial charge is 0.417 e. The van der Waals surface area contributed by atoms with Crippen LogP contribution in [0.2, 0.25) is 0 Å². The van der Waals surface area contributed by atoms with Crippen molar-refractivity contribution in [3.8, 4) is 5.75 Å². The van der Waals surface area contributed by atoms with E-state index in [9.17, 15) is 13.2 Å². The Morgan fingerprint density at radius 2 is 1.93 bits per heavy atom. The molecule has 1 rings (SSSR count). The van der Waals surface area contributed by atoms with Gasteiger partial charge in [0.25, 0.3) is 0 Å². The molecular weight excluding hydrogens is 341 g/mol. The van der Waals surface area contributed by atoms with Gasteiger partial charge in [0.1, 0.15) is 5.75 Å². The Morgan fingerprint density at radius 1 is 1.33 bits per heavy atom. The fourth-order valence-corrected chi connectivity index (χ4v) is 2.16. The summed E-state index contributed by atoms with van der Waals surface area (Å²) >= 11 is 6.07. The maximum atomic E-state index is 12.5. The van der Waals surface area contributed by atoms with Crippen molar-refractivity contribution in [3.63, 3.8) is 0 Å². The number of hydrogen-bond donors (Lipinski definition) is 0. The Morgan fingerprint density at radius 3 is 2.33 bits per heavy atom. The molecule has 0 saturated heterocycles. The highest BCUT2D eigenvalue weighted by molar-refractivity contribution is 9.10. The quantitative estimate of drug-likeness (QED) is 0.722. The molecule has 0 aliphatic heterocycles. The third kappa shape index (κ3) is 2.87. The fourth-order valence-electron chi connectivity index (χ4n) is 1.11. The Kier molecular flexibility index (Phi) is 4.06. The average molecular weight is 348 g/mol. The van der Waals surface area contributed by atoms with Gasteiger partial charge >= 0.3 is 6.18 Å². The van der Waals surface area contributed by atoms with Crippen molar-refractivity contribution < 1.29 is 17.9 Å². The SMILES string of the molecule is COc1cc(C(F)(F)F)c(Br)cc1CBr. The number of ether oxygens (including phenoxy) is 1. The third-order valence-electron chi connectivity index (χ3n) is 1.82. The van der Waals surface area contributed by atoms with Crippen LogP contribution in [0, 0.1) is 0 Å². The minimum atomic E-state index is -4.38. The van der Waals surface area contributed by atoms with E-state index in [0.717, 1.165) is 6.07 Å². The van der Waals surface area contributed by atoms with E-state index >= 15 is 0 Å². The predicted molar refractivity (Wildman–Crippen MR) is 58.3 cm³/mol. The molecule has 0 radical (unpaired) electrons. The predicted octanol–water partition coefficient (Wildman–Crippen LogP) is 4.37. The maximum absolute atomic E-state index is 12.5. The molecule has 0 bridgehead atoms. The first-order valence-corrected chi connectivity index (χ1v) is 5.81. The van der Waals surface area contributed by atoms with Crippen LogP contribution in [0.5, 0.6) is 5.75 Å². The lowest BCUT2D eigenvalue weighted by Gasteiger charge is -2.13. The third-order valence-corrected chi connectivity index (χ3v) is 3.08. The minimum Gasteiger partial charge on any atom is -0.496 e. The molecule has 0 aliphatic rings. The summed E-state index contributed by atoms with van der Waals surface area (Å²) in [6.07, 6.45) is -4.38. The molecule has 0 fully saturated rings. The first-order chi connectivity index (χ1) is 6.90. The van der Waals surface area contributed by atoms with Crippen molar-refractivity contribution in [2.75, 3.05) is 7.11 Å². The highest BCUT2D eigenvalue weighted by atomic mass is 79.9. The van der Waals surface area contributed by atoms with E-state index in [0.29, 0.717) is 10.9 Å². The van der Waals surface area contributed by atoms with Crippen molar-refractivity contribution in [1.29, 1.82) is 0 Å². The Hall–Kier alpha value is -0.230. The zero-order valence-corrected chi connectivity index (χ0v) is 10.8. The second kappa shape index (κ2) is 4.74. The van der Waals surface area contributed by atoms with Gasteiger partial charge in [0.05, 0.1) is 12.7 Å². The van der Waals surface area contributed by atoms with Crippen molar-refractivity contribution in [1.82, 2.24) is 0 Å². The lowest BCUT2D eigenvalue weighted by molar-refractivity contribution is -0.138.